The largest absolute Gasteiger partial charge is 0.364 e. The number of aromatic nitrogens is 1. The Morgan fingerprint density at radius 1 is 1.71 bits per heavy atom. The lowest BCUT2D eigenvalue weighted by Crippen LogP contribution is -2.15. The van der Waals surface area contributed by atoms with E-state index in [9.17, 15) is 4.79 Å². The SMILES string of the molecule is C=CNSc1ccc(Cl)nc1C(N)=O. The molecular weight excluding hydrogens is 222 g/mol. The normalized spacial score (nSPS) is 9.50. The van der Waals surface area contributed by atoms with Crippen LogP contribution < -0.4 is 10.5 Å². The number of pyridine rings is 1. The lowest BCUT2D eigenvalue weighted by atomic mass is 10.3. The first-order valence-electron chi connectivity index (χ1n) is 3.64. The first kappa shape index (κ1) is 10.9. The molecule has 1 amide bonds. The van der Waals surface area contributed by atoms with Crippen molar-refractivity contribution in [2.75, 3.05) is 0 Å². The van der Waals surface area contributed by atoms with E-state index in [0.717, 1.165) is 0 Å². The van der Waals surface area contributed by atoms with Crippen LogP contribution in [-0.4, -0.2) is 10.9 Å². The first-order valence-corrected chi connectivity index (χ1v) is 4.84. The topological polar surface area (TPSA) is 68.0 Å². The van der Waals surface area contributed by atoms with Gasteiger partial charge in [0.15, 0.2) is 0 Å². The van der Waals surface area contributed by atoms with E-state index in [4.69, 9.17) is 17.3 Å². The maximum atomic E-state index is 11.0. The number of hydrogen-bond acceptors (Lipinski definition) is 4. The summed E-state index contributed by atoms with van der Waals surface area (Å²) in [5.74, 6) is -0.610. The maximum Gasteiger partial charge on any atom is 0.268 e. The smallest absolute Gasteiger partial charge is 0.268 e. The summed E-state index contributed by atoms with van der Waals surface area (Å²) in [6, 6.07) is 3.25. The van der Waals surface area contributed by atoms with Crippen molar-refractivity contribution in [3.8, 4) is 0 Å². The third kappa shape index (κ3) is 2.65. The van der Waals surface area contributed by atoms with Crippen LogP contribution in [0.2, 0.25) is 5.15 Å². The molecule has 0 aromatic carbocycles. The molecule has 0 fully saturated rings. The Hall–Kier alpha value is -1.20. The van der Waals surface area contributed by atoms with E-state index >= 15 is 0 Å². The molecule has 1 rings (SSSR count). The predicted molar refractivity (Wildman–Crippen MR) is 57.0 cm³/mol. The summed E-state index contributed by atoms with van der Waals surface area (Å²) in [4.78, 5) is 15.4. The van der Waals surface area contributed by atoms with Gasteiger partial charge in [-0.2, -0.15) is 0 Å². The molecule has 3 N–H and O–H groups in total. The van der Waals surface area contributed by atoms with Crippen LogP contribution in [0.4, 0.5) is 0 Å². The Bertz CT molecular complexity index is 370. The van der Waals surface area contributed by atoms with Crippen molar-refractivity contribution >= 4 is 29.5 Å². The summed E-state index contributed by atoms with van der Waals surface area (Å²) in [6.45, 7) is 3.47. The molecule has 1 heterocycles. The molecule has 0 radical (unpaired) electrons. The average molecular weight is 230 g/mol. The summed E-state index contributed by atoms with van der Waals surface area (Å²) in [5.41, 5.74) is 5.28. The molecule has 74 valence electrons. The molecule has 0 unspecified atom stereocenters. The van der Waals surface area contributed by atoms with Gasteiger partial charge in [-0.25, -0.2) is 4.98 Å². The molecule has 0 aliphatic carbocycles. The summed E-state index contributed by atoms with van der Waals surface area (Å²) < 4.78 is 2.77. The first-order chi connectivity index (χ1) is 6.65. The number of amides is 1. The summed E-state index contributed by atoms with van der Waals surface area (Å²) >= 11 is 6.82. The maximum absolute atomic E-state index is 11.0. The highest BCUT2D eigenvalue weighted by Gasteiger charge is 2.10. The number of hydrogen-bond donors (Lipinski definition) is 2. The number of nitrogens with zero attached hydrogens (tertiary/aromatic N) is 1. The van der Waals surface area contributed by atoms with Crippen molar-refractivity contribution in [3.05, 3.63) is 35.8 Å². The molecule has 1 aromatic rings. The summed E-state index contributed by atoms with van der Waals surface area (Å²) in [5, 5.41) is 0.238. The van der Waals surface area contributed by atoms with Crippen molar-refractivity contribution in [3.63, 3.8) is 0 Å². The molecule has 0 saturated carbocycles. The van der Waals surface area contributed by atoms with E-state index < -0.39 is 5.91 Å². The van der Waals surface area contributed by atoms with Gasteiger partial charge in [-0.05, 0) is 24.1 Å². The van der Waals surface area contributed by atoms with Crippen molar-refractivity contribution < 1.29 is 4.79 Å². The van der Waals surface area contributed by atoms with Gasteiger partial charge in [-0.1, -0.05) is 18.2 Å². The van der Waals surface area contributed by atoms with E-state index in [0.29, 0.717) is 4.90 Å². The van der Waals surface area contributed by atoms with Gasteiger partial charge in [0.25, 0.3) is 5.91 Å². The molecule has 1 aromatic heterocycles. The second-order valence-electron chi connectivity index (χ2n) is 2.27. The van der Waals surface area contributed by atoms with Crippen LogP contribution in [0.3, 0.4) is 0 Å². The molecule has 0 saturated heterocycles. The van der Waals surface area contributed by atoms with Crippen LogP contribution in [0.25, 0.3) is 0 Å². The monoisotopic (exact) mass is 229 g/mol. The number of nitrogens with one attached hydrogen (secondary N) is 1. The number of carbonyl (C=O) groups is 1. The molecule has 6 heteroatoms. The third-order valence-corrected chi connectivity index (χ3v) is 2.35. The molecule has 0 bridgehead atoms. The molecule has 14 heavy (non-hydrogen) atoms. The minimum Gasteiger partial charge on any atom is -0.364 e. The number of primary amides is 1. The Kier molecular flexibility index (Phi) is 3.79. The van der Waals surface area contributed by atoms with Gasteiger partial charge >= 0.3 is 0 Å². The third-order valence-electron chi connectivity index (χ3n) is 1.31. The van der Waals surface area contributed by atoms with Crippen molar-refractivity contribution in [1.29, 1.82) is 0 Å². The predicted octanol–water partition coefficient (Wildman–Crippen LogP) is 1.57. The van der Waals surface area contributed by atoms with E-state index in [1.807, 2.05) is 0 Å². The van der Waals surface area contributed by atoms with Gasteiger partial charge in [0.2, 0.25) is 0 Å². The van der Waals surface area contributed by atoms with Crippen LogP contribution in [0, 0.1) is 0 Å². The number of carbonyl (C=O) groups excluding carboxylic acids is 1. The zero-order valence-electron chi connectivity index (χ0n) is 7.16. The highest BCUT2D eigenvalue weighted by atomic mass is 35.5. The van der Waals surface area contributed by atoms with Gasteiger partial charge in [-0.15, -0.1) is 0 Å². The Balaban J connectivity index is 3.01. The van der Waals surface area contributed by atoms with Gasteiger partial charge in [-0.3, -0.25) is 4.79 Å². The molecule has 0 spiro atoms. The second kappa shape index (κ2) is 4.88. The fourth-order valence-corrected chi connectivity index (χ4v) is 1.52. The average Bonchev–Trinajstić information content (AvgIpc) is 2.15. The van der Waals surface area contributed by atoms with Crippen LogP contribution in [0.15, 0.2) is 29.8 Å². The van der Waals surface area contributed by atoms with Crippen molar-refractivity contribution in [1.82, 2.24) is 9.71 Å². The van der Waals surface area contributed by atoms with Crippen molar-refractivity contribution in [2.45, 2.75) is 4.90 Å². The second-order valence-corrected chi connectivity index (χ2v) is 3.54. The number of rotatable bonds is 4. The lowest BCUT2D eigenvalue weighted by molar-refractivity contribution is 0.0992. The summed E-state index contributed by atoms with van der Waals surface area (Å²) in [6.07, 6.45) is 1.49. The Labute approximate surface area is 90.7 Å². The van der Waals surface area contributed by atoms with E-state index in [1.165, 1.54) is 18.1 Å². The Morgan fingerprint density at radius 3 is 3.00 bits per heavy atom. The molecule has 0 atom stereocenters. The minimum atomic E-state index is -0.610. The number of halogens is 1. The van der Waals surface area contributed by atoms with E-state index in [1.54, 1.807) is 12.1 Å². The molecular formula is C8H8ClN3OS. The highest BCUT2D eigenvalue weighted by molar-refractivity contribution is 7.97. The van der Waals surface area contributed by atoms with E-state index in [-0.39, 0.29) is 10.8 Å². The van der Waals surface area contributed by atoms with Crippen LogP contribution in [0.5, 0.6) is 0 Å². The zero-order chi connectivity index (χ0) is 10.6. The van der Waals surface area contributed by atoms with E-state index in [2.05, 4.69) is 16.3 Å². The van der Waals surface area contributed by atoms with Crippen LogP contribution in [-0.2, 0) is 0 Å². The lowest BCUT2D eigenvalue weighted by Gasteiger charge is -2.04. The van der Waals surface area contributed by atoms with Gasteiger partial charge in [0.05, 0.1) is 4.90 Å². The van der Waals surface area contributed by atoms with Crippen LogP contribution >= 0.6 is 23.5 Å². The van der Waals surface area contributed by atoms with Gasteiger partial charge < -0.3 is 10.5 Å². The summed E-state index contributed by atoms with van der Waals surface area (Å²) in [7, 11) is 0. The fourth-order valence-electron chi connectivity index (χ4n) is 0.787. The van der Waals surface area contributed by atoms with Crippen molar-refractivity contribution in [2.24, 2.45) is 5.73 Å². The van der Waals surface area contributed by atoms with Crippen LogP contribution in [0.1, 0.15) is 10.5 Å². The fraction of sp³-hybridized carbons (Fsp3) is 0. The molecule has 0 aliphatic rings. The van der Waals surface area contributed by atoms with Gasteiger partial charge in [0, 0.05) is 6.20 Å². The Morgan fingerprint density at radius 2 is 2.43 bits per heavy atom. The standard InChI is InChI=1S/C8H8ClN3OS/c1-2-11-14-5-3-4-6(9)12-7(5)8(10)13/h2-4,11H,1H2,(H2,10,13). The van der Waals surface area contributed by atoms with Gasteiger partial charge in [0.1, 0.15) is 10.8 Å². The molecule has 0 aliphatic heterocycles. The zero-order valence-corrected chi connectivity index (χ0v) is 8.73. The highest BCUT2D eigenvalue weighted by Crippen LogP contribution is 2.20. The number of nitrogens with two attached hydrogens (primary N) is 1. The minimum absolute atomic E-state index is 0.150. The quantitative estimate of drug-likeness (QED) is 0.608. The molecule has 4 nitrogen and oxygen atoms in total.